The van der Waals surface area contributed by atoms with Crippen LogP contribution in [0, 0.1) is 3.57 Å². The van der Waals surface area contributed by atoms with Crippen LogP contribution in [0.1, 0.15) is 24.2 Å². The zero-order valence-corrected chi connectivity index (χ0v) is 19.0. The quantitative estimate of drug-likeness (QED) is 0.389. The van der Waals surface area contributed by atoms with Crippen molar-refractivity contribution in [3.8, 4) is 0 Å². The van der Waals surface area contributed by atoms with Crippen molar-refractivity contribution < 1.29 is 4.79 Å². The second-order valence-electron chi connectivity index (χ2n) is 5.81. The van der Waals surface area contributed by atoms with Gasteiger partial charge in [-0.05, 0) is 66.0 Å². The first-order valence-electron chi connectivity index (χ1n) is 8.49. The van der Waals surface area contributed by atoms with E-state index in [-0.39, 0.29) is 30.7 Å². The maximum atomic E-state index is 12.6. The van der Waals surface area contributed by atoms with Gasteiger partial charge in [0.05, 0.1) is 22.1 Å². The molecule has 3 rings (SSSR count). The SMILES string of the molecule is CCN(CC)CCNC(=O)c1cccc2nc3cc(I)ccc3nc12.Cl.Cl. The average Bonchev–Trinajstić information content (AvgIpc) is 2.63. The maximum absolute atomic E-state index is 12.6. The van der Waals surface area contributed by atoms with Crippen LogP contribution in [0.25, 0.3) is 22.1 Å². The first-order chi connectivity index (χ1) is 12.1. The van der Waals surface area contributed by atoms with Crippen molar-refractivity contribution in [1.82, 2.24) is 20.2 Å². The Bertz CT molecular complexity index is 919. The number of likely N-dealkylation sites (N-methyl/N-ethyl adjacent to an activating group) is 1. The first kappa shape index (κ1) is 23.8. The number of carbonyl (C=O) groups excluding carboxylic acids is 1. The first-order valence-corrected chi connectivity index (χ1v) is 9.56. The van der Waals surface area contributed by atoms with Crippen molar-refractivity contribution in [2.45, 2.75) is 13.8 Å². The molecule has 5 nitrogen and oxygen atoms in total. The summed E-state index contributed by atoms with van der Waals surface area (Å²) in [6, 6.07) is 11.5. The molecule has 0 aliphatic rings. The number of hydrogen-bond donors (Lipinski definition) is 1. The Morgan fingerprint density at radius 2 is 1.78 bits per heavy atom. The molecule has 0 atom stereocenters. The molecule has 0 aliphatic carbocycles. The van der Waals surface area contributed by atoms with Crippen molar-refractivity contribution in [3.05, 3.63) is 45.5 Å². The number of nitrogens with one attached hydrogen (secondary N) is 1. The molecule has 0 radical (unpaired) electrons. The summed E-state index contributed by atoms with van der Waals surface area (Å²) in [6.45, 7) is 7.68. The van der Waals surface area contributed by atoms with Crippen LogP contribution in [-0.4, -0.2) is 47.0 Å². The van der Waals surface area contributed by atoms with E-state index in [2.05, 4.69) is 56.6 Å². The van der Waals surface area contributed by atoms with Crippen LogP contribution < -0.4 is 5.32 Å². The summed E-state index contributed by atoms with van der Waals surface area (Å²) < 4.78 is 1.11. The summed E-state index contributed by atoms with van der Waals surface area (Å²) in [7, 11) is 0. The minimum atomic E-state index is -0.100. The Morgan fingerprint density at radius 3 is 2.48 bits per heavy atom. The summed E-state index contributed by atoms with van der Waals surface area (Å²) in [5, 5.41) is 3.00. The molecule has 0 unspecified atom stereocenters. The van der Waals surface area contributed by atoms with Gasteiger partial charge in [0.15, 0.2) is 0 Å². The highest BCUT2D eigenvalue weighted by atomic mass is 127. The molecule has 8 heteroatoms. The Morgan fingerprint density at radius 1 is 1.04 bits per heavy atom. The zero-order valence-electron chi connectivity index (χ0n) is 15.2. The van der Waals surface area contributed by atoms with Crippen LogP contribution in [0.3, 0.4) is 0 Å². The molecular formula is C19H23Cl2IN4O. The third kappa shape index (κ3) is 5.63. The number of benzene rings is 2. The van der Waals surface area contributed by atoms with E-state index in [0.717, 1.165) is 39.8 Å². The molecule has 0 saturated heterocycles. The molecule has 27 heavy (non-hydrogen) atoms. The summed E-state index contributed by atoms with van der Waals surface area (Å²) >= 11 is 2.26. The Labute approximate surface area is 185 Å². The standard InChI is InChI=1S/C19H21IN4O.2ClH/c1-3-24(4-2)11-10-21-19(25)14-6-5-7-16-18(14)23-15-9-8-13(20)12-17(15)22-16;;/h5-9,12H,3-4,10-11H2,1-2H3,(H,21,25);2*1H. The molecule has 1 aromatic heterocycles. The molecule has 0 saturated carbocycles. The number of fused-ring (bicyclic) bond motifs is 2. The van der Waals surface area contributed by atoms with Gasteiger partial charge in [0.1, 0.15) is 5.52 Å². The average molecular weight is 521 g/mol. The van der Waals surface area contributed by atoms with Crippen molar-refractivity contribution in [1.29, 1.82) is 0 Å². The molecule has 146 valence electrons. The van der Waals surface area contributed by atoms with E-state index in [1.54, 1.807) is 0 Å². The van der Waals surface area contributed by atoms with Crippen molar-refractivity contribution in [3.63, 3.8) is 0 Å². The van der Waals surface area contributed by atoms with E-state index in [9.17, 15) is 4.79 Å². The molecule has 1 heterocycles. The molecule has 2 aromatic carbocycles. The van der Waals surface area contributed by atoms with E-state index < -0.39 is 0 Å². The van der Waals surface area contributed by atoms with E-state index in [4.69, 9.17) is 0 Å². The summed E-state index contributed by atoms with van der Waals surface area (Å²) in [5.74, 6) is -0.100. The van der Waals surface area contributed by atoms with Gasteiger partial charge in [0.2, 0.25) is 0 Å². The minimum absolute atomic E-state index is 0. The van der Waals surface area contributed by atoms with Crippen molar-refractivity contribution in [2.24, 2.45) is 0 Å². The fraction of sp³-hybridized carbons (Fsp3) is 0.316. The van der Waals surface area contributed by atoms with Crippen LogP contribution in [-0.2, 0) is 0 Å². The van der Waals surface area contributed by atoms with Crippen LogP contribution in [0.5, 0.6) is 0 Å². The number of carbonyl (C=O) groups is 1. The van der Waals surface area contributed by atoms with E-state index in [1.807, 2.05) is 36.4 Å². The molecule has 0 aliphatic heterocycles. The number of aromatic nitrogens is 2. The van der Waals surface area contributed by atoms with Gasteiger partial charge >= 0.3 is 0 Å². The highest BCUT2D eigenvalue weighted by Crippen LogP contribution is 2.21. The lowest BCUT2D eigenvalue weighted by atomic mass is 10.1. The number of para-hydroxylation sites is 1. The summed E-state index contributed by atoms with van der Waals surface area (Å²) in [4.78, 5) is 24.2. The third-order valence-electron chi connectivity index (χ3n) is 4.28. The van der Waals surface area contributed by atoms with Gasteiger partial charge in [0, 0.05) is 16.7 Å². The molecule has 0 fully saturated rings. The Balaban J connectivity index is 0.00000182. The highest BCUT2D eigenvalue weighted by molar-refractivity contribution is 14.1. The minimum Gasteiger partial charge on any atom is -0.351 e. The molecule has 0 bridgehead atoms. The highest BCUT2D eigenvalue weighted by Gasteiger charge is 2.13. The van der Waals surface area contributed by atoms with E-state index in [1.165, 1.54) is 0 Å². The second kappa shape index (κ2) is 10.9. The van der Waals surface area contributed by atoms with Crippen LogP contribution in [0.15, 0.2) is 36.4 Å². The number of hydrogen-bond acceptors (Lipinski definition) is 4. The number of nitrogens with zero attached hydrogens (tertiary/aromatic N) is 3. The van der Waals surface area contributed by atoms with Crippen molar-refractivity contribution in [2.75, 3.05) is 26.2 Å². The van der Waals surface area contributed by atoms with Gasteiger partial charge in [-0.3, -0.25) is 4.79 Å². The lowest BCUT2D eigenvalue weighted by molar-refractivity contribution is 0.0950. The second-order valence-corrected chi connectivity index (χ2v) is 7.06. The lowest BCUT2D eigenvalue weighted by Gasteiger charge is -2.18. The Kier molecular flexibility index (Phi) is 9.66. The van der Waals surface area contributed by atoms with Gasteiger partial charge in [-0.25, -0.2) is 9.97 Å². The predicted molar refractivity (Wildman–Crippen MR) is 124 cm³/mol. The number of rotatable bonds is 6. The monoisotopic (exact) mass is 520 g/mol. The van der Waals surface area contributed by atoms with Crippen LogP contribution in [0.4, 0.5) is 0 Å². The van der Waals surface area contributed by atoms with Crippen molar-refractivity contribution >= 4 is 75.4 Å². The predicted octanol–water partition coefficient (Wildman–Crippen LogP) is 4.30. The Hall–Kier alpha value is -1.22. The maximum Gasteiger partial charge on any atom is 0.253 e. The molecule has 3 aromatic rings. The molecular weight excluding hydrogens is 498 g/mol. The zero-order chi connectivity index (χ0) is 17.8. The molecule has 0 spiro atoms. The normalized spacial score (nSPS) is 10.5. The van der Waals surface area contributed by atoms with Crippen LogP contribution in [0.2, 0.25) is 0 Å². The smallest absolute Gasteiger partial charge is 0.253 e. The third-order valence-corrected chi connectivity index (χ3v) is 4.95. The van der Waals surface area contributed by atoms with E-state index in [0.29, 0.717) is 17.6 Å². The van der Waals surface area contributed by atoms with Gasteiger partial charge < -0.3 is 10.2 Å². The fourth-order valence-electron chi connectivity index (χ4n) is 2.82. The van der Waals surface area contributed by atoms with E-state index >= 15 is 0 Å². The fourth-order valence-corrected chi connectivity index (χ4v) is 3.29. The van der Waals surface area contributed by atoms with Gasteiger partial charge in [-0.15, -0.1) is 24.8 Å². The van der Waals surface area contributed by atoms with Crippen LogP contribution >= 0.6 is 47.4 Å². The summed E-state index contributed by atoms with van der Waals surface area (Å²) in [5.41, 5.74) is 3.61. The number of amides is 1. The lowest BCUT2D eigenvalue weighted by Crippen LogP contribution is -2.34. The summed E-state index contributed by atoms with van der Waals surface area (Å²) in [6.07, 6.45) is 0. The topological polar surface area (TPSA) is 58.1 Å². The number of halogens is 3. The largest absolute Gasteiger partial charge is 0.351 e. The van der Waals surface area contributed by atoms with Gasteiger partial charge in [0.25, 0.3) is 5.91 Å². The molecule has 1 N–H and O–H groups in total. The van der Waals surface area contributed by atoms with Gasteiger partial charge in [-0.1, -0.05) is 19.9 Å². The van der Waals surface area contributed by atoms with Gasteiger partial charge in [-0.2, -0.15) is 0 Å². The molecule has 1 amide bonds.